The quantitative estimate of drug-likeness (QED) is 0.382. The first-order valence-electron chi connectivity index (χ1n) is 11.5. The van der Waals surface area contributed by atoms with E-state index in [1.165, 1.54) is 16.2 Å². The number of thiophene rings is 1. The average molecular weight is 514 g/mol. The minimum absolute atomic E-state index is 0.0246. The van der Waals surface area contributed by atoms with Gasteiger partial charge in [0.15, 0.2) is 11.1 Å². The number of halogens is 2. The fourth-order valence-electron chi connectivity index (χ4n) is 4.11. The minimum Gasteiger partial charge on any atom is -0.493 e. The van der Waals surface area contributed by atoms with Gasteiger partial charge in [0.25, 0.3) is 11.8 Å². The number of aromatic hydroxyl groups is 1. The SMILES string of the molecule is O=C(c1ccc(-c2cc(=NC3CC3)n3nc/c(=C/c4[nH]c(=O)[nH]c4O)c3n2)s1)N1CCC(F)(F)CC1. The van der Waals surface area contributed by atoms with Crippen molar-refractivity contribution in [1.82, 2.24) is 29.5 Å². The van der Waals surface area contributed by atoms with Gasteiger partial charge >= 0.3 is 5.69 Å². The van der Waals surface area contributed by atoms with Crippen molar-refractivity contribution >= 4 is 29.0 Å². The predicted molar refractivity (Wildman–Crippen MR) is 127 cm³/mol. The highest BCUT2D eigenvalue weighted by atomic mass is 32.1. The lowest BCUT2D eigenvalue weighted by Crippen LogP contribution is -2.42. The number of hydrogen-bond donors (Lipinski definition) is 3. The van der Waals surface area contributed by atoms with Gasteiger partial charge in [-0.1, -0.05) is 0 Å². The molecule has 10 nitrogen and oxygen atoms in total. The predicted octanol–water partition coefficient (Wildman–Crippen LogP) is 1.66. The van der Waals surface area contributed by atoms with E-state index in [4.69, 9.17) is 9.98 Å². The molecule has 0 atom stereocenters. The van der Waals surface area contributed by atoms with Gasteiger partial charge in [-0.3, -0.25) is 14.8 Å². The number of fused-ring (bicyclic) bond motifs is 1. The molecule has 6 rings (SSSR count). The minimum atomic E-state index is -2.72. The molecule has 186 valence electrons. The smallest absolute Gasteiger partial charge is 0.326 e. The van der Waals surface area contributed by atoms with Crippen molar-refractivity contribution in [1.29, 1.82) is 0 Å². The molecule has 2 fully saturated rings. The number of rotatable bonds is 4. The number of carbonyl (C=O) groups is 1. The molecule has 1 aliphatic heterocycles. The Morgan fingerprint density at radius 1 is 1.25 bits per heavy atom. The van der Waals surface area contributed by atoms with Crippen LogP contribution >= 0.6 is 11.3 Å². The first-order valence-corrected chi connectivity index (χ1v) is 12.3. The van der Waals surface area contributed by atoms with Gasteiger partial charge in [-0.2, -0.15) is 9.61 Å². The molecule has 4 aromatic heterocycles. The number of hydrogen-bond acceptors (Lipinski definition) is 7. The number of piperidine rings is 1. The molecule has 0 aromatic carbocycles. The van der Waals surface area contributed by atoms with Crippen LogP contribution in [0.2, 0.25) is 0 Å². The molecule has 13 heteroatoms. The molecule has 1 aliphatic carbocycles. The van der Waals surface area contributed by atoms with Crippen LogP contribution in [0.15, 0.2) is 34.2 Å². The highest BCUT2D eigenvalue weighted by Crippen LogP contribution is 2.31. The van der Waals surface area contributed by atoms with Crippen LogP contribution in [0.5, 0.6) is 5.88 Å². The van der Waals surface area contributed by atoms with E-state index in [1.54, 1.807) is 35.0 Å². The summed E-state index contributed by atoms with van der Waals surface area (Å²) in [5.41, 5.74) is 1.30. The summed E-state index contributed by atoms with van der Waals surface area (Å²) in [4.78, 5) is 41.3. The van der Waals surface area contributed by atoms with Gasteiger partial charge in [-0.05, 0) is 31.1 Å². The Hall–Kier alpha value is -3.87. The summed E-state index contributed by atoms with van der Waals surface area (Å²) in [6, 6.07) is 5.48. The molecule has 1 amide bonds. The van der Waals surface area contributed by atoms with Gasteiger partial charge in [0.05, 0.1) is 27.7 Å². The molecule has 3 N–H and O–H groups in total. The summed E-state index contributed by atoms with van der Waals surface area (Å²) < 4.78 is 28.6. The Bertz CT molecular complexity index is 1650. The van der Waals surface area contributed by atoms with E-state index in [0.29, 0.717) is 26.9 Å². The Kier molecular flexibility index (Phi) is 5.25. The van der Waals surface area contributed by atoms with E-state index in [9.17, 15) is 23.5 Å². The lowest BCUT2D eigenvalue weighted by Gasteiger charge is -2.31. The average Bonchev–Trinajstić information content (AvgIpc) is 3.22. The number of aromatic nitrogens is 5. The molecule has 2 aliphatic rings. The second-order valence-electron chi connectivity index (χ2n) is 8.99. The Balaban J connectivity index is 1.40. The standard InChI is InChI=1S/C23H21F2N7O3S/c24-23(25)5-7-31(8-6-23)21(34)17-4-3-16(36-17)14-10-18(27-13-1-2-13)32-19(28-14)12(11-26-32)9-15-20(33)30-22(35)29-15/h3-4,9-11,13,33H,1-2,5-8H2,(H2,29,30,35)/b12-9-,27-18?. The van der Waals surface area contributed by atoms with Crippen molar-refractivity contribution in [3.05, 3.63) is 56.2 Å². The summed E-state index contributed by atoms with van der Waals surface area (Å²) in [6.45, 7) is 0.0492. The summed E-state index contributed by atoms with van der Waals surface area (Å²) >= 11 is 1.24. The first kappa shape index (κ1) is 22.6. The lowest BCUT2D eigenvalue weighted by molar-refractivity contribution is -0.0493. The number of aromatic amines is 2. The van der Waals surface area contributed by atoms with Gasteiger partial charge in [0.2, 0.25) is 5.88 Å². The lowest BCUT2D eigenvalue weighted by atomic mass is 10.1. The molecular weight excluding hydrogens is 492 g/mol. The fourth-order valence-corrected chi connectivity index (χ4v) is 5.04. The third-order valence-electron chi connectivity index (χ3n) is 6.23. The van der Waals surface area contributed by atoms with Gasteiger partial charge < -0.3 is 15.0 Å². The van der Waals surface area contributed by atoms with Crippen LogP contribution in [0, 0.1) is 0 Å². The van der Waals surface area contributed by atoms with E-state index in [-0.39, 0.29) is 49.5 Å². The Morgan fingerprint density at radius 3 is 2.72 bits per heavy atom. The maximum absolute atomic E-state index is 13.5. The second kappa shape index (κ2) is 8.36. The highest BCUT2D eigenvalue weighted by Gasteiger charge is 2.36. The van der Waals surface area contributed by atoms with Crippen LogP contribution in [-0.4, -0.2) is 65.5 Å². The molecule has 1 saturated carbocycles. The van der Waals surface area contributed by atoms with Gasteiger partial charge in [0, 0.05) is 37.2 Å². The summed E-state index contributed by atoms with van der Waals surface area (Å²) in [7, 11) is 0. The zero-order valence-electron chi connectivity index (χ0n) is 18.9. The van der Waals surface area contributed by atoms with Crippen LogP contribution in [0.1, 0.15) is 41.0 Å². The Labute approximate surface area is 205 Å². The number of nitrogens with one attached hydrogen (secondary N) is 2. The van der Waals surface area contributed by atoms with E-state index >= 15 is 0 Å². The molecule has 36 heavy (non-hydrogen) atoms. The van der Waals surface area contributed by atoms with Gasteiger partial charge in [-0.15, -0.1) is 11.3 Å². The van der Waals surface area contributed by atoms with Crippen LogP contribution in [0.3, 0.4) is 0 Å². The number of amides is 1. The second-order valence-corrected chi connectivity index (χ2v) is 10.1. The number of carbonyl (C=O) groups excluding carboxylic acids is 1. The maximum atomic E-state index is 13.5. The number of likely N-dealkylation sites (tertiary alicyclic amines) is 1. The molecule has 4 aromatic rings. The molecule has 0 spiro atoms. The molecule has 0 radical (unpaired) electrons. The Morgan fingerprint density at radius 2 is 2.03 bits per heavy atom. The van der Waals surface area contributed by atoms with Crippen LogP contribution in [-0.2, 0) is 0 Å². The third-order valence-corrected chi connectivity index (χ3v) is 7.32. The van der Waals surface area contributed by atoms with Crippen molar-refractivity contribution in [2.75, 3.05) is 13.1 Å². The monoisotopic (exact) mass is 513 g/mol. The normalized spacial score (nSPS) is 18.9. The van der Waals surface area contributed by atoms with Gasteiger partial charge in [0.1, 0.15) is 5.69 Å². The van der Waals surface area contributed by atoms with Crippen molar-refractivity contribution < 1.29 is 18.7 Å². The molecule has 0 unspecified atom stereocenters. The first-order chi connectivity index (χ1) is 17.3. The van der Waals surface area contributed by atoms with Crippen LogP contribution in [0.25, 0.3) is 22.3 Å². The molecular formula is C23H21F2N7O3S. The van der Waals surface area contributed by atoms with E-state index in [0.717, 1.165) is 17.7 Å². The van der Waals surface area contributed by atoms with Crippen LogP contribution in [0.4, 0.5) is 8.78 Å². The van der Waals surface area contributed by atoms with Crippen molar-refractivity contribution in [2.45, 2.75) is 37.6 Å². The number of H-pyrrole nitrogens is 2. The molecule has 1 saturated heterocycles. The summed E-state index contributed by atoms with van der Waals surface area (Å²) in [6.07, 6.45) is 4.45. The number of imidazole rings is 1. The van der Waals surface area contributed by atoms with Crippen molar-refractivity contribution in [3.8, 4) is 16.5 Å². The largest absolute Gasteiger partial charge is 0.493 e. The molecule has 5 heterocycles. The number of nitrogens with zero attached hydrogens (tertiary/aromatic N) is 5. The van der Waals surface area contributed by atoms with E-state index in [2.05, 4.69) is 15.1 Å². The highest BCUT2D eigenvalue weighted by molar-refractivity contribution is 7.17. The summed E-state index contributed by atoms with van der Waals surface area (Å²) in [5.74, 6) is -3.28. The maximum Gasteiger partial charge on any atom is 0.326 e. The van der Waals surface area contributed by atoms with Gasteiger partial charge in [-0.25, -0.2) is 18.6 Å². The van der Waals surface area contributed by atoms with E-state index in [1.807, 2.05) is 0 Å². The molecule has 0 bridgehead atoms. The topological polar surface area (TPSA) is 132 Å². The third kappa shape index (κ3) is 4.30. The fraction of sp³-hybridized carbons (Fsp3) is 0.348. The van der Waals surface area contributed by atoms with E-state index < -0.39 is 11.6 Å². The zero-order valence-corrected chi connectivity index (χ0v) is 19.7. The number of alkyl halides is 2. The summed E-state index contributed by atoms with van der Waals surface area (Å²) in [5, 5.41) is 14.9. The van der Waals surface area contributed by atoms with Crippen molar-refractivity contribution in [3.63, 3.8) is 0 Å². The van der Waals surface area contributed by atoms with Crippen LogP contribution < -0.4 is 16.4 Å². The van der Waals surface area contributed by atoms with Crippen molar-refractivity contribution in [2.24, 2.45) is 4.99 Å². The zero-order chi connectivity index (χ0) is 25.0.